The molecule has 1 aromatic heterocycles. The summed E-state index contributed by atoms with van der Waals surface area (Å²) in [5.41, 5.74) is 5.43. The van der Waals surface area contributed by atoms with Crippen molar-refractivity contribution >= 4 is 21.8 Å². The van der Waals surface area contributed by atoms with Crippen molar-refractivity contribution in [1.29, 1.82) is 0 Å². The number of fused-ring (bicyclic) bond motifs is 2. The van der Waals surface area contributed by atoms with Crippen molar-refractivity contribution in [3.05, 3.63) is 85.2 Å². The van der Waals surface area contributed by atoms with E-state index in [1.807, 2.05) is 36.7 Å². The summed E-state index contributed by atoms with van der Waals surface area (Å²) in [4.78, 5) is 4.54. The lowest BCUT2D eigenvalue weighted by Gasteiger charge is -2.12. The lowest BCUT2D eigenvalue weighted by molar-refractivity contribution is 0.355. The summed E-state index contributed by atoms with van der Waals surface area (Å²) in [6, 6.07) is 27.1. The Kier molecular flexibility index (Phi) is 4.17. The van der Waals surface area contributed by atoms with E-state index in [0.29, 0.717) is 0 Å². The van der Waals surface area contributed by atoms with Crippen LogP contribution in [-0.4, -0.2) is 23.8 Å². The molecule has 0 amide bonds. The molecule has 4 heteroatoms. The third kappa shape index (κ3) is 2.90. The lowest BCUT2D eigenvalue weighted by Crippen LogP contribution is -1.94. The Balaban J connectivity index is 1.64. The first kappa shape index (κ1) is 17.3. The molecule has 0 spiro atoms. The van der Waals surface area contributed by atoms with Crippen LogP contribution in [0.5, 0.6) is 11.5 Å². The molecule has 0 N–H and O–H groups in total. The zero-order chi connectivity index (χ0) is 19.8. The Morgan fingerprint density at radius 1 is 0.724 bits per heavy atom. The van der Waals surface area contributed by atoms with Gasteiger partial charge >= 0.3 is 0 Å². The monoisotopic (exact) mass is 380 g/mol. The molecule has 0 atom stereocenters. The number of hydrogen-bond donors (Lipinski definition) is 0. The van der Waals surface area contributed by atoms with Crippen LogP contribution in [0.25, 0.3) is 38.6 Å². The van der Waals surface area contributed by atoms with E-state index in [9.17, 15) is 0 Å². The average Bonchev–Trinajstić information content (AvgIpc) is 3.21. The van der Waals surface area contributed by atoms with Gasteiger partial charge in [-0.2, -0.15) is 0 Å². The van der Waals surface area contributed by atoms with E-state index in [2.05, 4.69) is 58.1 Å². The number of ether oxygens (including phenoxy) is 2. The minimum absolute atomic E-state index is 0.726. The van der Waals surface area contributed by atoms with Crippen LogP contribution in [0.3, 0.4) is 0 Å². The fourth-order valence-corrected chi connectivity index (χ4v) is 3.82. The van der Waals surface area contributed by atoms with E-state index in [0.717, 1.165) is 39.3 Å². The topological polar surface area (TPSA) is 36.3 Å². The molecule has 1 heterocycles. The molecule has 0 aliphatic heterocycles. The molecular formula is C25H20N2O2. The number of rotatable bonds is 4. The number of hydrogen-bond acceptors (Lipinski definition) is 3. The van der Waals surface area contributed by atoms with Crippen LogP contribution >= 0.6 is 0 Å². The molecule has 29 heavy (non-hydrogen) atoms. The zero-order valence-corrected chi connectivity index (χ0v) is 16.3. The molecule has 142 valence electrons. The van der Waals surface area contributed by atoms with Gasteiger partial charge < -0.3 is 9.47 Å². The highest BCUT2D eigenvalue weighted by Crippen LogP contribution is 2.34. The summed E-state index contributed by atoms with van der Waals surface area (Å²) in [6.45, 7) is 0. The lowest BCUT2D eigenvalue weighted by atomic mass is 10.00. The van der Waals surface area contributed by atoms with Crippen molar-refractivity contribution in [2.45, 2.75) is 0 Å². The van der Waals surface area contributed by atoms with Gasteiger partial charge in [0, 0.05) is 5.39 Å². The molecule has 0 radical (unpaired) electrons. The van der Waals surface area contributed by atoms with Gasteiger partial charge in [-0.05, 0) is 52.9 Å². The Morgan fingerprint density at radius 2 is 1.52 bits per heavy atom. The third-order valence-corrected chi connectivity index (χ3v) is 5.29. The quantitative estimate of drug-likeness (QED) is 0.392. The molecule has 0 unspecified atom stereocenters. The van der Waals surface area contributed by atoms with Gasteiger partial charge in [0.2, 0.25) is 0 Å². The maximum absolute atomic E-state index is 5.46. The van der Waals surface area contributed by atoms with Crippen LogP contribution in [0, 0.1) is 0 Å². The van der Waals surface area contributed by atoms with Crippen molar-refractivity contribution in [2.24, 2.45) is 0 Å². The number of nitrogens with zero attached hydrogens (tertiary/aromatic N) is 2. The molecule has 0 aliphatic rings. The highest BCUT2D eigenvalue weighted by Gasteiger charge is 2.10. The average molecular weight is 380 g/mol. The summed E-state index contributed by atoms with van der Waals surface area (Å²) < 4.78 is 13.0. The van der Waals surface area contributed by atoms with Gasteiger partial charge in [-0.25, -0.2) is 4.98 Å². The third-order valence-electron chi connectivity index (χ3n) is 5.29. The van der Waals surface area contributed by atoms with Crippen molar-refractivity contribution < 1.29 is 9.47 Å². The van der Waals surface area contributed by atoms with Crippen LogP contribution in [0.15, 0.2) is 85.2 Å². The van der Waals surface area contributed by atoms with Crippen LogP contribution in [0.4, 0.5) is 0 Å². The van der Waals surface area contributed by atoms with Gasteiger partial charge in [-0.1, -0.05) is 42.5 Å². The predicted octanol–water partition coefficient (Wildman–Crippen LogP) is 5.86. The normalized spacial score (nSPS) is 11.1. The number of benzene rings is 4. The van der Waals surface area contributed by atoms with E-state index in [-0.39, 0.29) is 0 Å². The molecule has 0 saturated heterocycles. The summed E-state index contributed by atoms with van der Waals surface area (Å²) in [7, 11) is 3.30. The Labute approximate surface area is 169 Å². The minimum atomic E-state index is 0.726. The Hall–Kier alpha value is -3.79. The summed E-state index contributed by atoms with van der Waals surface area (Å²) in [5, 5.41) is 2.35. The highest BCUT2D eigenvalue weighted by atomic mass is 16.5. The van der Waals surface area contributed by atoms with Crippen LogP contribution < -0.4 is 9.47 Å². The van der Waals surface area contributed by atoms with E-state index in [1.54, 1.807) is 14.2 Å². The first-order chi connectivity index (χ1) is 14.3. The first-order valence-corrected chi connectivity index (χ1v) is 9.46. The molecule has 5 rings (SSSR count). The molecule has 5 aromatic rings. The second-order valence-corrected chi connectivity index (χ2v) is 6.89. The molecule has 0 aliphatic carbocycles. The van der Waals surface area contributed by atoms with Crippen LogP contribution in [-0.2, 0) is 0 Å². The van der Waals surface area contributed by atoms with Gasteiger partial charge in [-0.15, -0.1) is 0 Å². The number of methoxy groups -OCH3 is 2. The second-order valence-electron chi connectivity index (χ2n) is 6.89. The molecule has 0 saturated carbocycles. The van der Waals surface area contributed by atoms with E-state index in [1.165, 1.54) is 10.8 Å². The van der Waals surface area contributed by atoms with Gasteiger partial charge in [0.25, 0.3) is 0 Å². The predicted molar refractivity (Wildman–Crippen MR) is 117 cm³/mol. The van der Waals surface area contributed by atoms with E-state index in [4.69, 9.17) is 9.47 Å². The Bertz CT molecular complexity index is 1340. The van der Waals surface area contributed by atoms with Crippen molar-refractivity contribution in [3.8, 4) is 28.3 Å². The fourth-order valence-electron chi connectivity index (χ4n) is 3.82. The summed E-state index contributed by atoms with van der Waals surface area (Å²) in [6.07, 6.45) is 1.89. The van der Waals surface area contributed by atoms with Crippen LogP contribution in [0.2, 0.25) is 0 Å². The van der Waals surface area contributed by atoms with Gasteiger partial charge in [0.15, 0.2) is 11.5 Å². The van der Waals surface area contributed by atoms with Crippen molar-refractivity contribution in [3.63, 3.8) is 0 Å². The standard InChI is InChI=1S/C25H20N2O2/c1-28-24-13-11-18(15-25(24)29-2)17-10-12-20-19(14-17)6-5-9-22(20)27-16-26-21-7-3-4-8-23(21)27/h3-16H,1-2H3. The van der Waals surface area contributed by atoms with Gasteiger partial charge in [0.05, 0.1) is 30.9 Å². The van der Waals surface area contributed by atoms with E-state index >= 15 is 0 Å². The zero-order valence-electron chi connectivity index (χ0n) is 16.3. The number of aromatic nitrogens is 2. The molecule has 4 aromatic carbocycles. The maximum Gasteiger partial charge on any atom is 0.161 e. The minimum Gasteiger partial charge on any atom is -0.493 e. The maximum atomic E-state index is 5.46. The first-order valence-electron chi connectivity index (χ1n) is 9.46. The van der Waals surface area contributed by atoms with Crippen LogP contribution in [0.1, 0.15) is 0 Å². The largest absolute Gasteiger partial charge is 0.493 e. The summed E-state index contributed by atoms with van der Waals surface area (Å²) in [5.74, 6) is 1.45. The SMILES string of the molecule is COc1ccc(-c2ccc3c(-n4cnc5ccccc54)cccc3c2)cc1OC. The number of para-hydroxylation sites is 2. The second kappa shape index (κ2) is 6.99. The Morgan fingerprint density at radius 3 is 2.38 bits per heavy atom. The van der Waals surface area contributed by atoms with E-state index < -0.39 is 0 Å². The molecular weight excluding hydrogens is 360 g/mol. The van der Waals surface area contributed by atoms with Gasteiger partial charge in [0.1, 0.15) is 6.33 Å². The smallest absolute Gasteiger partial charge is 0.161 e. The van der Waals surface area contributed by atoms with Crippen molar-refractivity contribution in [2.75, 3.05) is 14.2 Å². The highest BCUT2D eigenvalue weighted by molar-refractivity contribution is 5.95. The van der Waals surface area contributed by atoms with Gasteiger partial charge in [-0.3, -0.25) is 4.57 Å². The molecule has 0 fully saturated rings. The van der Waals surface area contributed by atoms with Crippen molar-refractivity contribution in [1.82, 2.24) is 9.55 Å². The fraction of sp³-hybridized carbons (Fsp3) is 0.0800. The summed E-state index contributed by atoms with van der Waals surface area (Å²) >= 11 is 0. The number of imidazole rings is 1. The molecule has 4 nitrogen and oxygen atoms in total. The molecule has 0 bridgehead atoms.